The van der Waals surface area contributed by atoms with Crippen molar-refractivity contribution in [2.45, 2.75) is 57.8 Å². The normalized spacial score (nSPS) is 23.4. The molecule has 0 radical (unpaired) electrons. The molecule has 2 atom stereocenters. The van der Waals surface area contributed by atoms with Gasteiger partial charge in [0, 0.05) is 17.3 Å². The molecule has 100 valence electrons. The summed E-state index contributed by atoms with van der Waals surface area (Å²) in [7, 11) is -2.11. The van der Waals surface area contributed by atoms with E-state index in [2.05, 4.69) is 51.2 Å². The van der Waals surface area contributed by atoms with Gasteiger partial charge in [-0.2, -0.15) is 0 Å². The number of nitrogens with one attached hydrogen (secondary N) is 1. The fourth-order valence-corrected chi connectivity index (χ4v) is 6.44. The Kier molecular flexibility index (Phi) is 3.83. The molecule has 0 saturated carbocycles. The van der Waals surface area contributed by atoms with Gasteiger partial charge in [-0.1, -0.05) is 32.0 Å². The number of rotatable bonds is 3. The van der Waals surface area contributed by atoms with Crippen molar-refractivity contribution < 1.29 is 4.80 Å². The van der Waals surface area contributed by atoms with E-state index >= 15 is 0 Å². The third-order valence-corrected chi connectivity index (χ3v) is 9.22. The van der Waals surface area contributed by atoms with Crippen LogP contribution >= 0.6 is 0 Å². The molecule has 1 heterocycles. The van der Waals surface area contributed by atoms with Crippen molar-refractivity contribution in [3.63, 3.8) is 0 Å². The number of hydrogen-bond acceptors (Lipinski definition) is 2. The monoisotopic (exact) mass is 263 g/mol. The predicted molar refractivity (Wildman–Crippen MR) is 80.7 cm³/mol. The lowest BCUT2D eigenvalue weighted by atomic mass is 9.96. The van der Waals surface area contributed by atoms with Gasteiger partial charge < -0.3 is 10.1 Å². The second-order valence-electron chi connectivity index (χ2n) is 5.66. The number of fused-ring (bicyclic) bond motifs is 1. The highest BCUT2D eigenvalue weighted by molar-refractivity contribution is 6.74. The summed E-state index contributed by atoms with van der Waals surface area (Å²) in [4.78, 5) is 10.9. The van der Waals surface area contributed by atoms with Crippen LogP contribution in [-0.4, -0.2) is 19.2 Å². The first-order valence-corrected chi connectivity index (χ1v) is 9.53. The molecule has 1 aliphatic heterocycles. The first kappa shape index (κ1) is 13.6. The molecule has 2 N–H and O–H groups in total. The van der Waals surface area contributed by atoms with Gasteiger partial charge in [0.1, 0.15) is 0 Å². The molecule has 0 fully saturated rings. The molecule has 0 saturated heterocycles. The molecule has 0 spiro atoms. The Bertz CT molecular complexity index is 429. The summed E-state index contributed by atoms with van der Waals surface area (Å²) in [6.07, 6.45) is 1.04. The summed E-state index contributed by atoms with van der Waals surface area (Å²) in [6, 6.07) is 8.79. The second kappa shape index (κ2) is 5.06. The maximum atomic E-state index is 10.9. The van der Waals surface area contributed by atoms with Gasteiger partial charge in [0.15, 0.2) is 8.32 Å². The van der Waals surface area contributed by atoms with Crippen LogP contribution in [0.3, 0.4) is 0 Å². The van der Waals surface area contributed by atoms with E-state index in [-0.39, 0.29) is 0 Å². The van der Waals surface area contributed by atoms with Crippen LogP contribution in [0.2, 0.25) is 17.6 Å². The Morgan fingerprint density at radius 1 is 1.33 bits per heavy atom. The van der Waals surface area contributed by atoms with E-state index < -0.39 is 8.32 Å². The quantitative estimate of drug-likeness (QED) is 0.815. The Balaban J connectivity index is 2.34. The van der Waals surface area contributed by atoms with Crippen LogP contribution in [0.1, 0.15) is 31.9 Å². The maximum Gasteiger partial charge on any atom is 0.193 e. The van der Waals surface area contributed by atoms with Crippen molar-refractivity contribution in [3.8, 4) is 0 Å². The van der Waals surface area contributed by atoms with Crippen LogP contribution in [0.25, 0.3) is 0 Å². The molecule has 0 bridgehead atoms. The average Bonchev–Trinajstić information content (AvgIpc) is 2.38. The highest BCUT2D eigenvalue weighted by Gasteiger charge is 2.42. The smallest absolute Gasteiger partial charge is 0.193 e. The minimum Gasteiger partial charge on any atom is -0.431 e. The summed E-state index contributed by atoms with van der Waals surface area (Å²) in [5.41, 5.74) is 4.42. The van der Waals surface area contributed by atoms with Crippen LogP contribution in [-0.2, 0) is 6.42 Å². The van der Waals surface area contributed by atoms with Crippen molar-refractivity contribution in [1.29, 1.82) is 0 Å². The maximum absolute atomic E-state index is 10.9. The number of benzene rings is 1. The van der Waals surface area contributed by atoms with E-state index in [0.717, 1.165) is 18.5 Å². The Labute approximate surface area is 112 Å². The molecule has 0 unspecified atom stereocenters. The van der Waals surface area contributed by atoms with Gasteiger partial charge in [-0.25, -0.2) is 0 Å². The Hall–Kier alpha value is -0.803. The minimum absolute atomic E-state index is 0.384. The zero-order valence-electron chi connectivity index (χ0n) is 12.0. The summed E-state index contributed by atoms with van der Waals surface area (Å²) < 4.78 is 0. The molecule has 1 aromatic rings. The van der Waals surface area contributed by atoms with Gasteiger partial charge in [-0.3, -0.25) is 0 Å². The van der Waals surface area contributed by atoms with Crippen molar-refractivity contribution in [2.75, 3.05) is 5.32 Å². The first-order valence-electron chi connectivity index (χ1n) is 7.09. The molecule has 2 rings (SSSR count). The Morgan fingerprint density at radius 2 is 2.00 bits per heavy atom. The topological polar surface area (TPSA) is 32.3 Å². The molecule has 1 aliphatic rings. The molecular weight excluding hydrogens is 238 g/mol. The van der Waals surface area contributed by atoms with Gasteiger partial charge in [-0.15, -0.1) is 0 Å². The SMILES string of the molecule is CC[Si](O)(CC)[C@@H]1Cc2cccc(C)c2N[C@@H]1C. The largest absolute Gasteiger partial charge is 0.431 e. The summed E-state index contributed by atoms with van der Waals surface area (Å²) >= 11 is 0. The zero-order chi connectivity index (χ0) is 13.3. The fourth-order valence-electron chi connectivity index (χ4n) is 3.28. The first-order chi connectivity index (χ1) is 8.51. The van der Waals surface area contributed by atoms with Gasteiger partial charge in [0.05, 0.1) is 0 Å². The van der Waals surface area contributed by atoms with E-state index in [1.54, 1.807) is 0 Å². The number of anilines is 1. The molecular formula is C15H25NOSi. The third kappa shape index (κ3) is 2.21. The van der Waals surface area contributed by atoms with Gasteiger partial charge in [0.25, 0.3) is 0 Å². The van der Waals surface area contributed by atoms with Crippen LogP contribution in [0.4, 0.5) is 5.69 Å². The number of hydrogen-bond donors (Lipinski definition) is 2. The number of para-hydroxylation sites is 1. The minimum atomic E-state index is -2.11. The summed E-state index contributed by atoms with van der Waals surface area (Å²) in [6.45, 7) is 8.67. The van der Waals surface area contributed by atoms with Crippen LogP contribution in [0.15, 0.2) is 18.2 Å². The molecule has 0 aromatic heterocycles. The summed E-state index contributed by atoms with van der Waals surface area (Å²) in [5, 5.41) is 3.63. The number of aryl methyl sites for hydroxylation is 1. The zero-order valence-corrected chi connectivity index (χ0v) is 13.0. The Morgan fingerprint density at radius 3 is 2.61 bits per heavy atom. The molecule has 3 heteroatoms. The van der Waals surface area contributed by atoms with Crippen molar-refractivity contribution in [1.82, 2.24) is 0 Å². The van der Waals surface area contributed by atoms with Crippen LogP contribution in [0, 0.1) is 6.92 Å². The average molecular weight is 263 g/mol. The standard InChI is InChI=1S/C15H25NOSi/c1-5-18(17,6-2)14-10-13-9-7-8-11(3)15(13)16-12(14)4/h7-9,12,14,16-17H,5-6,10H2,1-4H3/t12-,14-/m1/s1. The van der Waals surface area contributed by atoms with Crippen molar-refractivity contribution >= 4 is 14.0 Å². The van der Waals surface area contributed by atoms with E-state index in [0.29, 0.717) is 11.6 Å². The van der Waals surface area contributed by atoms with Crippen LogP contribution < -0.4 is 5.32 Å². The predicted octanol–water partition coefficient (Wildman–Crippen LogP) is 3.70. The molecule has 1 aromatic carbocycles. The van der Waals surface area contributed by atoms with Crippen molar-refractivity contribution in [2.24, 2.45) is 0 Å². The van der Waals surface area contributed by atoms with E-state index in [9.17, 15) is 4.80 Å². The second-order valence-corrected chi connectivity index (χ2v) is 10.0. The lowest BCUT2D eigenvalue weighted by molar-refractivity contribution is 0.475. The fraction of sp³-hybridized carbons (Fsp3) is 0.600. The highest BCUT2D eigenvalue weighted by Crippen LogP contribution is 2.40. The molecule has 0 amide bonds. The molecule has 2 nitrogen and oxygen atoms in total. The molecule has 0 aliphatic carbocycles. The summed E-state index contributed by atoms with van der Waals surface area (Å²) in [5.74, 6) is 0. The van der Waals surface area contributed by atoms with Gasteiger partial charge in [-0.05, 0) is 43.5 Å². The van der Waals surface area contributed by atoms with E-state index in [1.807, 2.05) is 0 Å². The molecule has 18 heavy (non-hydrogen) atoms. The van der Waals surface area contributed by atoms with Crippen molar-refractivity contribution in [3.05, 3.63) is 29.3 Å². The van der Waals surface area contributed by atoms with E-state index in [4.69, 9.17) is 0 Å². The highest BCUT2D eigenvalue weighted by atomic mass is 28.4. The van der Waals surface area contributed by atoms with Gasteiger partial charge in [0.2, 0.25) is 0 Å². The third-order valence-electron chi connectivity index (χ3n) is 4.69. The van der Waals surface area contributed by atoms with E-state index in [1.165, 1.54) is 16.8 Å². The lowest BCUT2D eigenvalue weighted by Gasteiger charge is -2.41. The lowest BCUT2D eigenvalue weighted by Crippen LogP contribution is -2.48. The van der Waals surface area contributed by atoms with Gasteiger partial charge >= 0.3 is 0 Å². The van der Waals surface area contributed by atoms with Crippen LogP contribution in [0.5, 0.6) is 0 Å².